The molecule has 3 fully saturated rings. The summed E-state index contributed by atoms with van der Waals surface area (Å²) in [5, 5.41) is 37.6. The van der Waals surface area contributed by atoms with Crippen molar-refractivity contribution in [2.75, 3.05) is 6.61 Å². The number of hydrogen-bond donors (Lipinski definition) is 3. The molecule has 11 heteroatoms. The van der Waals surface area contributed by atoms with Crippen molar-refractivity contribution in [1.29, 1.82) is 0 Å². The highest BCUT2D eigenvalue weighted by molar-refractivity contribution is 6.84. The molecule has 2 unspecified atom stereocenters. The number of Topliss-reactive ketones (excluding diaryl/α,β-unsaturated/α-hetero) is 1. The summed E-state index contributed by atoms with van der Waals surface area (Å²) < 4.78 is 25.7. The number of rotatable bonds is 6. The SMILES string of the molecule is CC(=O)O[C@@]12CO[C@@H]1C[C@H](O[Si](C)(C)c1ccccc1)[C@@]1(C)C(=O)C(O)C3=C(C)[C@@H](O)C[C@@](O)([C@@H](OC(=O)c4ccccc4)C12)C3(C)C. The van der Waals surface area contributed by atoms with E-state index in [0.717, 1.165) is 5.19 Å². The molecular formula is C37H46O10Si. The molecule has 2 aromatic carbocycles. The van der Waals surface area contributed by atoms with Crippen molar-refractivity contribution >= 4 is 31.2 Å². The van der Waals surface area contributed by atoms with Gasteiger partial charge in [0.2, 0.25) is 8.32 Å². The molecule has 2 saturated carbocycles. The van der Waals surface area contributed by atoms with E-state index in [4.69, 9.17) is 18.6 Å². The maximum atomic E-state index is 15.2. The van der Waals surface area contributed by atoms with Crippen LogP contribution in [0.4, 0.5) is 0 Å². The number of carbonyl (C=O) groups is 3. The number of hydrogen-bond acceptors (Lipinski definition) is 10. The van der Waals surface area contributed by atoms with Crippen molar-refractivity contribution in [2.24, 2.45) is 16.7 Å². The first-order valence-corrected chi connectivity index (χ1v) is 19.5. The van der Waals surface area contributed by atoms with Crippen LogP contribution in [0.1, 0.15) is 57.8 Å². The fourth-order valence-electron chi connectivity index (χ4n) is 9.08. The molecular weight excluding hydrogens is 632 g/mol. The summed E-state index contributed by atoms with van der Waals surface area (Å²) in [6.07, 6.45) is -6.35. The summed E-state index contributed by atoms with van der Waals surface area (Å²) in [5.74, 6) is -3.29. The molecule has 10 nitrogen and oxygen atoms in total. The van der Waals surface area contributed by atoms with E-state index in [0.29, 0.717) is 5.57 Å². The molecule has 1 saturated heterocycles. The van der Waals surface area contributed by atoms with Crippen LogP contribution in [0.5, 0.6) is 0 Å². The summed E-state index contributed by atoms with van der Waals surface area (Å²) in [7, 11) is -2.78. The van der Waals surface area contributed by atoms with Crippen LogP contribution in [0.2, 0.25) is 13.1 Å². The van der Waals surface area contributed by atoms with Crippen LogP contribution in [0.25, 0.3) is 0 Å². The van der Waals surface area contributed by atoms with Crippen LogP contribution in [-0.4, -0.2) is 89.7 Å². The molecule has 0 spiro atoms. The molecule has 258 valence electrons. The molecule has 9 atom stereocenters. The number of aliphatic hydroxyl groups excluding tert-OH is 2. The van der Waals surface area contributed by atoms with E-state index in [-0.39, 0.29) is 30.6 Å². The molecule has 1 aliphatic heterocycles. The van der Waals surface area contributed by atoms with Gasteiger partial charge in [-0.2, -0.15) is 0 Å². The van der Waals surface area contributed by atoms with Gasteiger partial charge in [-0.3, -0.25) is 9.59 Å². The normalized spacial score (nSPS) is 37.2. The van der Waals surface area contributed by atoms with E-state index in [9.17, 15) is 24.9 Å². The fraction of sp³-hybridized carbons (Fsp3) is 0.541. The van der Waals surface area contributed by atoms with Crippen LogP contribution >= 0.6 is 0 Å². The van der Waals surface area contributed by atoms with Crippen LogP contribution in [-0.2, 0) is 28.2 Å². The van der Waals surface area contributed by atoms with E-state index >= 15 is 4.79 Å². The van der Waals surface area contributed by atoms with Gasteiger partial charge in [0.25, 0.3) is 0 Å². The maximum Gasteiger partial charge on any atom is 0.338 e. The Bertz CT molecular complexity index is 1640. The first-order valence-electron chi connectivity index (χ1n) is 16.6. The van der Waals surface area contributed by atoms with E-state index in [1.165, 1.54) is 6.92 Å². The second-order valence-electron chi connectivity index (χ2n) is 15.2. The fourth-order valence-corrected chi connectivity index (χ4v) is 11.3. The van der Waals surface area contributed by atoms with Crippen LogP contribution in [0.3, 0.4) is 0 Å². The zero-order valence-electron chi connectivity index (χ0n) is 28.6. The minimum Gasteiger partial charge on any atom is -0.455 e. The zero-order valence-corrected chi connectivity index (χ0v) is 29.6. The molecule has 4 aliphatic rings. The summed E-state index contributed by atoms with van der Waals surface area (Å²) in [5.41, 5.74) is -5.91. The first-order chi connectivity index (χ1) is 22.4. The molecule has 0 amide bonds. The quantitative estimate of drug-likeness (QED) is 0.236. The largest absolute Gasteiger partial charge is 0.455 e. The van der Waals surface area contributed by atoms with E-state index in [1.54, 1.807) is 58.0 Å². The second-order valence-corrected chi connectivity index (χ2v) is 19.0. The highest BCUT2D eigenvalue weighted by Crippen LogP contribution is 2.64. The monoisotopic (exact) mass is 678 g/mol. The van der Waals surface area contributed by atoms with Gasteiger partial charge < -0.3 is 34.0 Å². The number of ketones is 1. The highest BCUT2D eigenvalue weighted by Gasteiger charge is 2.78. The predicted molar refractivity (Wildman–Crippen MR) is 178 cm³/mol. The van der Waals surface area contributed by atoms with E-state index in [2.05, 4.69) is 0 Å². The molecule has 2 bridgehead atoms. The number of aliphatic hydroxyl groups is 3. The van der Waals surface area contributed by atoms with Crippen molar-refractivity contribution in [1.82, 2.24) is 0 Å². The Kier molecular flexibility index (Phi) is 8.45. The average Bonchev–Trinajstić information content (AvgIpc) is 3.03. The molecule has 1 heterocycles. The van der Waals surface area contributed by atoms with Gasteiger partial charge in [0.15, 0.2) is 11.4 Å². The molecule has 3 aliphatic carbocycles. The van der Waals surface area contributed by atoms with Crippen LogP contribution < -0.4 is 5.19 Å². The molecule has 48 heavy (non-hydrogen) atoms. The Labute approximate surface area is 282 Å². The molecule has 3 N–H and O–H groups in total. The van der Waals surface area contributed by atoms with Gasteiger partial charge in [-0.25, -0.2) is 4.79 Å². The smallest absolute Gasteiger partial charge is 0.338 e. The highest BCUT2D eigenvalue weighted by atomic mass is 28.4. The third-order valence-corrected chi connectivity index (χ3v) is 14.4. The average molecular weight is 679 g/mol. The Balaban J connectivity index is 1.63. The van der Waals surface area contributed by atoms with Crippen molar-refractivity contribution in [3.05, 3.63) is 77.4 Å². The van der Waals surface area contributed by atoms with Gasteiger partial charge in [0.1, 0.15) is 23.9 Å². The number of ether oxygens (including phenoxy) is 3. The first kappa shape index (κ1) is 34.7. The topological polar surface area (TPSA) is 149 Å². The minimum atomic E-state index is -2.78. The molecule has 0 radical (unpaired) electrons. The van der Waals surface area contributed by atoms with Gasteiger partial charge in [-0.05, 0) is 55.4 Å². The second kappa shape index (κ2) is 11.7. The number of benzene rings is 2. The van der Waals surface area contributed by atoms with Crippen LogP contribution in [0.15, 0.2) is 71.8 Å². The molecule has 6 rings (SSSR count). The lowest BCUT2D eigenvalue weighted by molar-refractivity contribution is -0.344. The molecule has 2 aromatic rings. The van der Waals surface area contributed by atoms with Crippen LogP contribution in [0, 0.1) is 16.7 Å². The van der Waals surface area contributed by atoms with E-state index in [1.807, 2.05) is 43.4 Å². The van der Waals surface area contributed by atoms with E-state index < -0.39 is 84.5 Å². The third kappa shape index (κ3) is 4.96. The van der Waals surface area contributed by atoms with Gasteiger partial charge in [-0.15, -0.1) is 0 Å². The summed E-state index contributed by atoms with van der Waals surface area (Å²) in [4.78, 5) is 42.1. The van der Waals surface area contributed by atoms with Crippen molar-refractivity contribution in [3.8, 4) is 0 Å². The lowest BCUT2D eigenvalue weighted by Crippen LogP contribution is -2.82. The third-order valence-electron chi connectivity index (χ3n) is 11.8. The Morgan fingerprint density at radius 1 is 0.979 bits per heavy atom. The van der Waals surface area contributed by atoms with Gasteiger partial charge in [0, 0.05) is 25.2 Å². The van der Waals surface area contributed by atoms with Gasteiger partial charge in [-0.1, -0.05) is 62.4 Å². The number of carbonyl (C=O) groups excluding carboxylic acids is 3. The Morgan fingerprint density at radius 3 is 2.15 bits per heavy atom. The lowest BCUT2D eigenvalue weighted by atomic mass is 9.44. The zero-order chi connectivity index (χ0) is 35.0. The Morgan fingerprint density at radius 2 is 1.58 bits per heavy atom. The summed E-state index contributed by atoms with van der Waals surface area (Å²) in [6, 6.07) is 18.0. The van der Waals surface area contributed by atoms with Crippen molar-refractivity contribution in [3.63, 3.8) is 0 Å². The minimum absolute atomic E-state index is 0.132. The van der Waals surface area contributed by atoms with Gasteiger partial charge in [0.05, 0.1) is 35.7 Å². The Hall–Kier alpha value is -3.19. The predicted octanol–water partition coefficient (Wildman–Crippen LogP) is 3.22. The van der Waals surface area contributed by atoms with Gasteiger partial charge >= 0.3 is 11.9 Å². The van der Waals surface area contributed by atoms with Crippen molar-refractivity contribution in [2.45, 2.75) is 102 Å². The maximum absolute atomic E-state index is 15.2. The lowest BCUT2D eigenvalue weighted by Gasteiger charge is -2.68. The summed E-state index contributed by atoms with van der Waals surface area (Å²) >= 11 is 0. The van der Waals surface area contributed by atoms with Crippen molar-refractivity contribution < 1.29 is 48.3 Å². The number of esters is 2. The molecule has 0 aromatic heterocycles. The summed E-state index contributed by atoms with van der Waals surface area (Å²) in [6.45, 7) is 11.8. The standard InChI is InChI=1S/C37H46O10Si/c1-21-25(39)19-37(43)32(45-33(42)23-14-10-8-11-15-23)30-35(5,31(41)29(40)28(21)34(37,3)4)26(18-27-36(30,20-44-27)46-22(2)38)47-48(6,7)24-16-12-9-13-17-24/h8-17,25-27,29-30,32,39-40,43H,18-20H2,1-7H3/t25-,26-,27+,29?,30?,32-,35+,36-,37+/m0/s1. The number of fused-ring (bicyclic) bond motifs is 5.